The van der Waals surface area contributed by atoms with Crippen LogP contribution in [0, 0.1) is 11.3 Å². The van der Waals surface area contributed by atoms with E-state index in [4.69, 9.17) is 9.47 Å². The molecule has 2 aliphatic heterocycles. The van der Waals surface area contributed by atoms with Gasteiger partial charge in [0.05, 0.1) is 0 Å². The normalized spacial score (nSPS) is 23.8. The van der Waals surface area contributed by atoms with Gasteiger partial charge in [-0.25, -0.2) is 4.79 Å². The number of rotatable bonds is 3. The molecular weight excluding hydrogens is 296 g/mol. The summed E-state index contributed by atoms with van der Waals surface area (Å²) < 4.78 is 10.8. The first-order chi connectivity index (χ1) is 10.8. The summed E-state index contributed by atoms with van der Waals surface area (Å²) in [6, 6.07) is 0. The first kappa shape index (κ1) is 18.0. The van der Waals surface area contributed by atoms with Gasteiger partial charge in [-0.2, -0.15) is 0 Å². The third-order valence-electron chi connectivity index (χ3n) is 4.85. The monoisotopic (exact) mass is 326 g/mol. The maximum atomic E-state index is 12.1. The lowest BCUT2D eigenvalue weighted by Crippen LogP contribution is -2.43. The number of carbonyl (C=O) groups excluding carboxylic acids is 2. The van der Waals surface area contributed by atoms with Crippen molar-refractivity contribution in [2.75, 3.05) is 32.8 Å². The van der Waals surface area contributed by atoms with Crippen LogP contribution in [0.1, 0.15) is 47.0 Å². The molecule has 2 aliphatic rings. The van der Waals surface area contributed by atoms with Gasteiger partial charge in [-0.1, -0.05) is 6.92 Å². The highest BCUT2D eigenvalue weighted by atomic mass is 16.6. The molecule has 2 heterocycles. The lowest BCUT2D eigenvalue weighted by molar-refractivity contribution is -0.130. The van der Waals surface area contributed by atoms with Gasteiger partial charge in [-0.05, 0) is 39.0 Å². The van der Waals surface area contributed by atoms with E-state index in [1.54, 1.807) is 0 Å². The van der Waals surface area contributed by atoms with Crippen molar-refractivity contribution in [1.82, 2.24) is 10.2 Å². The van der Waals surface area contributed by atoms with E-state index < -0.39 is 5.60 Å². The average molecular weight is 326 g/mol. The molecule has 0 bridgehead atoms. The standard InChI is InChI=1S/C17H30N2O4/c1-5-14(20)19-11-13(10-18-15(21)23-16(2,3)4)17(12-19)6-8-22-9-7-17/h13H,5-12H2,1-4H3,(H,18,21). The zero-order chi connectivity index (χ0) is 17.1. The smallest absolute Gasteiger partial charge is 0.407 e. The van der Waals surface area contributed by atoms with E-state index >= 15 is 0 Å². The molecule has 132 valence electrons. The number of amides is 2. The Kier molecular flexibility index (Phi) is 5.55. The molecule has 6 nitrogen and oxygen atoms in total. The lowest BCUT2D eigenvalue weighted by Gasteiger charge is -2.38. The Balaban J connectivity index is 1.99. The van der Waals surface area contributed by atoms with Crippen LogP contribution in [0.5, 0.6) is 0 Å². The fraction of sp³-hybridized carbons (Fsp3) is 0.882. The van der Waals surface area contributed by atoms with Crippen molar-refractivity contribution in [3.63, 3.8) is 0 Å². The molecule has 0 aromatic carbocycles. The predicted octanol–water partition coefficient (Wildman–Crippen LogP) is 2.18. The largest absolute Gasteiger partial charge is 0.444 e. The molecule has 0 radical (unpaired) electrons. The van der Waals surface area contributed by atoms with Crippen molar-refractivity contribution >= 4 is 12.0 Å². The van der Waals surface area contributed by atoms with Crippen LogP contribution in [0.25, 0.3) is 0 Å². The third kappa shape index (κ3) is 4.59. The zero-order valence-corrected chi connectivity index (χ0v) is 14.8. The molecule has 0 saturated carbocycles. The maximum Gasteiger partial charge on any atom is 0.407 e. The summed E-state index contributed by atoms with van der Waals surface area (Å²) in [6.07, 6.45) is 2.03. The number of nitrogens with one attached hydrogen (secondary N) is 1. The quantitative estimate of drug-likeness (QED) is 0.863. The Morgan fingerprint density at radius 2 is 1.96 bits per heavy atom. The van der Waals surface area contributed by atoms with Gasteiger partial charge in [-0.3, -0.25) is 4.79 Å². The van der Waals surface area contributed by atoms with Crippen molar-refractivity contribution in [1.29, 1.82) is 0 Å². The van der Waals surface area contributed by atoms with Crippen LogP contribution in [0.3, 0.4) is 0 Å². The zero-order valence-electron chi connectivity index (χ0n) is 14.8. The number of carbonyl (C=O) groups is 2. The molecule has 1 unspecified atom stereocenters. The summed E-state index contributed by atoms with van der Waals surface area (Å²) in [7, 11) is 0. The van der Waals surface area contributed by atoms with E-state index in [1.165, 1.54) is 0 Å². The molecule has 1 N–H and O–H groups in total. The minimum atomic E-state index is -0.500. The Morgan fingerprint density at radius 1 is 1.30 bits per heavy atom. The molecule has 2 fully saturated rings. The molecule has 6 heteroatoms. The Hall–Kier alpha value is -1.30. The predicted molar refractivity (Wildman–Crippen MR) is 87.1 cm³/mol. The highest BCUT2D eigenvalue weighted by Gasteiger charge is 2.48. The molecule has 2 rings (SSSR count). The second-order valence-electron chi connectivity index (χ2n) is 7.68. The third-order valence-corrected chi connectivity index (χ3v) is 4.85. The molecule has 2 amide bonds. The molecule has 23 heavy (non-hydrogen) atoms. The Morgan fingerprint density at radius 3 is 2.52 bits per heavy atom. The Bertz CT molecular complexity index is 438. The highest BCUT2D eigenvalue weighted by Crippen LogP contribution is 2.44. The van der Waals surface area contributed by atoms with Gasteiger partial charge in [0, 0.05) is 45.2 Å². The minimum Gasteiger partial charge on any atom is -0.444 e. The van der Waals surface area contributed by atoms with Gasteiger partial charge in [0.25, 0.3) is 0 Å². The molecule has 2 saturated heterocycles. The summed E-state index contributed by atoms with van der Waals surface area (Å²) in [5.74, 6) is 0.449. The molecule has 0 aromatic rings. The summed E-state index contributed by atoms with van der Waals surface area (Å²) in [6.45, 7) is 10.9. The van der Waals surface area contributed by atoms with Crippen LogP contribution in [-0.2, 0) is 14.3 Å². The van der Waals surface area contributed by atoms with E-state index in [0.29, 0.717) is 19.5 Å². The van der Waals surface area contributed by atoms with E-state index in [1.807, 2.05) is 32.6 Å². The fourth-order valence-electron chi connectivity index (χ4n) is 3.59. The summed E-state index contributed by atoms with van der Waals surface area (Å²) in [5, 5.41) is 2.89. The second-order valence-corrected chi connectivity index (χ2v) is 7.68. The highest BCUT2D eigenvalue weighted by molar-refractivity contribution is 5.76. The first-order valence-electron chi connectivity index (χ1n) is 8.58. The number of hydrogen-bond donors (Lipinski definition) is 1. The van der Waals surface area contributed by atoms with Gasteiger partial charge in [0.2, 0.25) is 5.91 Å². The van der Waals surface area contributed by atoms with Gasteiger partial charge >= 0.3 is 6.09 Å². The fourth-order valence-corrected chi connectivity index (χ4v) is 3.59. The van der Waals surface area contributed by atoms with Gasteiger partial charge < -0.3 is 19.7 Å². The van der Waals surface area contributed by atoms with E-state index in [-0.39, 0.29) is 23.3 Å². The van der Waals surface area contributed by atoms with Crippen LogP contribution in [-0.4, -0.2) is 55.3 Å². The number of alkyl carbamates (subject to hydrolysis) is 1. The summed E-state index contributed by atoms with van der Waals surface area (Å²) >= 11 is 0. The Labute approximate surface area is 138 Å². The second kappa shape index (κ2) is 7.07. The van der Waals surface area contributed by atoms with Gasteiger partial charge in [-0.15, -0.1) is 0 Å². The minimum absolute atomic E-state index is 0.0676. The van der Waals surface area contributed by atoms with Gasteiger partial charge in [0.15, 0.2) is 0 Å². The first-order valence-corrected chi connectivity index (χ1v) is 8.58. The molecular formula is C17H30N2O4. The van der Waals surface area contributed by atoms with Crippen molar-refractivity contribution in [2.45, 2.75) is 52.6 Å². The molecule has 0 aromatic heterocycles. The van der Waals surface area contributed by atoms with Crippen molar-refractivity contribution < 1.29 is 19.1 Å². The lowest BCUT2D eigenvalue weighted by atomic mass is 9.72. The van der Waals surface area contributed by atoms with Crippen LogP contribution in [0.2, 0.25) is 0 Å². The van der Waals surface area contributed by atoms with Crippen LogP contribution in [0.4, 0.5) is 4.79 Å². The number of hydrogen-bond acceptors (Lipinski definition) is 4. The SMILES string of the molecule is CCC(=O)N1CC(CNC(=O)OC(C)(C)C)C2(CCOCC2)C1. The maximum absolute atomic E-state index is 12.1. The van der Waals surface area contributed by atoms with Crippen molar-refractivity contribution in [3.8, 4) is 0 Å². The van der Waals surface area contributed by atoms with Crippen LogP contribution < -0.4 is 5.32 Å². The molecule has 0 aliphatic carbocycles. The van der Waals surface area contributed by atoms with Crippen LogP contribution in [0.15, 0.2) is 0 Å². The number of ether oxygens (including phenoxy) is 2. The van der Waals surface area contributed by atoms with E-state index in [9.17, 15) is 9.59 Å². The van der Waals surface area contributed by atoms with Crippen molar-refractivity contribution in [3.05, 3.63) is 0 Å². The van der Waals surface area contributed by atoms with Gasteiger partial charge in [0.1, 0.15) is 5.60 Å². The summed E-state index contributed by atoms with van der Waals surface area (Å²) in [5.41, 5.74) is -0.432. The molecule has 1 spiro atoms. The average Bonchev–Trinajstić information content (AvgIpc) is 2.81. The number of nitrogens with zero attached hydrogens (tertiary/aromatic N) is 1. The topological polar surface area (TPSA) is 67.9 Å². The summed E-state index contributed by atoms with van der Waals surface area (Å²) in [4.78, 5) is 26.0. The van der Waals surface area contributed by atoms with E-state index in [2.05, 4.69) is 5.32 Å². The van der Waals surface area contributed by atoms with Crippen molar-refractivity contribution in [2.24, 2.45) is 11.3 Å². The molecule has 1 atom stereocenters. The van der Waals surface area contributed by atoms with Crippen LogP contribution >= 0.6 is 0 Å². The van der Waals surface area contributed by atoms with E-state index in [0.717, 1.165) is 32.6 Å². The number of likely N-dealkylation sites (tertiary alicyclic amines) is 1.